The summed E-state index contributed by atoms with van der Waals surface area (Å²) in [5.74, 6) is -1.91. The summed E-state index contributed by atoms with van der Waals surface area (Å²) in [5.41, 5.74) is 5.71. The molecule has 2 aliphatic carbocycles. The van der Waals surface area contributed by atoms with Crippen LogP contribution in [0.25, 0.3) is 0 Å². The molecule has 10 heteroatoms. The van der Waals surface area contributed by atoms with E-state index in [2.05, 4.69) is 10.3 Å². The van der Waals surface area contributed by atoms with E-state index in [1.807, 2.05) is 6.20 Å². The number of aromatic nitrogens is 1. The van der Waals surface area contributed by atoms with Crippen molar-refractivity contribution in [2.24, 2.45) is 11.7 Å². The lowest BCUT2D eigenvalue weighted by Crippen LogP contribution is -2.42. The zero-order chi connectivity index (χ0) is 19.3. The minimum atomic E-state index is -5.08. The van der Waals surface area contributed by atoms with Gasteiger partial charge < -0.3 is 16.2 Å². The molecule has 0 radical (unpaired) electrons. The second-order valence-electron chi connectivity index (χ2n) is 6.62. The maximum Gasteiger partial charge on any atom is 0.490 e. The number of alkyl halides is 3. The van der Waals surface area contributed by atoms with E-state index in [0.29, 0.717) is 5.92 Å². The van der Waals surface area contributed by atoms with Crippen molar-refractivity contribution in [2.75, 3.05) is 5.32 Å². The molecule has 0 aromatic carbocycles. The van der Waals surface area contributed by atoms with E-state index in [9.17, 15) is 18.0 Å². The molecule has 1 aromatic rings. The Labute approximate surface area is 153 Å². The first-order valence-electron chi connectivity index (χ1n) is 8.49. The van der Waals surface area contributed by atoms with Gasteiger partial charge in [0.15, 0.2) is 5.13 Å². The third-order valence-corrected chi connectivity index (χ3v) is 5.62. The van der Waals surface area contributed by atoms with Crippen molar-refractivity contribution in [1.29, 1.82) is 0 Å². The lowest BCUT2D eigenvalue weighted by Gasteiger charge is -2.30. The van der Waals surface area contributed by atoms with Crippen molar-refractivity contribution < 1.29 is 27.9 Å². The van der Waals surface area contributed by atoms with Crippen LogP contribution in [-0.2, 0) is 9.59 Å². The van der Waals surface area contributed by atoms with E-state index in [4.69, 9.17) is 15.6 Å². The molecule has 1 heterocycles. The smallest absolute Gasteiger partial charge is 0.475 e. The highest BCUT2D eigenvalue weighted by Crippen LogP contribution is 2.37. The topological polar surface area (TPSA) is 105 Å². The number of rotatable bonds is 3. The van der Waals surface area contributed by atoms with E-state index in [1.165, 1.54) is 37.0 Å². The van der Waals surface area contributed by atoms with Crippen molar-refractivity contribution in [3.63, 3.8) is 0 Å². The van der Waals surface area contributed by atoms with Crippen LogP contribution in [0.3, 0.4) is 0 Å². The number of hydrogen-bond acceptors (Lipinski definition) is 5. The fraction of sp³-hybridized carbons (Fsp3) is 0.688. The predicted molar refractivity (Wildman–Crippen MR) is 91.0 cm³/mol. The molecule has 4 N–H and O–H groups in total. The largest absolute Gasteiger partial charge is 0.490 e. The molecular weight excluding hydrogens is 371 g/mol. The Balaban J connectivity index is 0.000000298. The molecule has 0 bridgehead atoms. The quantitative estimate of drug-likeness (QED) is 0.729. The highest BCUT2D eigenvalue weighted by Gasteiger charge is 2.38. The molecule has 0 aliphatic heterocycles. The Morgan fingerprint density at radius 3 is 2.31 bits per heavy atom. The number of nitrogens with two attached hydrogens (primary N) is 1. The maximum atomic E-state index is 11.9. The van der Waals surface area contributed by atoms with Crippen molar-refractivity contribution in [3.8, 4) is 0 Å². The average Bonchev–Trinajstić information content (AvgIpc) is 3.01. The lowest BCUT2D eigenvalue weighted by molar-refractivity contribution is -0.192. The normalized spacial score (nSPS) is 23.4. The third kappa shape index (κ3) is 5.94. The van der Waals surface area contributed by atoms with Crippen LogP contribution in [0.2, 0.25) is 0 Å². The summed E-state index contributed by atoms with van der Waals surface area (Å²) in [7, 11) is 0. The van der Waals surface area contributed by atoms with Gasteiger partial charge in [0.2, 0.25) is 5.91 Å². The van der Waals surface area contributed by atoms with Gasteiger partial charge in [0, 0.05) is 23.0 Å². The Morgan fingerprint density at radius 2 is 1.81 bits per heavy atom. The number of nitrogens with zero attached hydrogens (tertiary/aromatic N) is 1. The summed E-state index contributed by atoms with van der Waals surface area (Å²) in [5, 5.41) is 10.8. The van der Waals surface area contributed by atoms with Gasteiger partial charge in [-0.05, 0) is 31.6 Å². The number of thiazole rings is 1. The first-order valence-corrected chi connectivity index (χ1v) is 9.30. The molecule has 26 heavy (non-hydrogen) atoms. The van der Waals surface area contributed by atoms with Gasteiger partial charge in [0.1, 0.15) is 0 Å². The fourth-order valence-electron chi connectivity index (χ4n) is 3.00. The number of carboxylic acids is 1. The summed E-state index contributed by atoms with van der Waals surface area (Å²) in [6.45, 7) is 0. The van der Waals surface area contributed by atoms with Crippen molar-refractivity contribution in [1.82, 2.24) is 4.98 Å². The predicted octanol–water partition coefficient (Wildman–Crippen LogP) is 3.50. The summed E-state index contributed by atoms with van der Waals surface area (Å²) in [6, 6.07) is 0.213. The highest BCUT2D eigenvalue weighted by molar-refractivity contribution is 7.15. The first-order chi connectivity index (χ1) is 12.2. The number of carboxylic acid groups (broad SMARTS) is 1. The number of anilines is 1. The number of amides is 1. The monoisotopic (exact) mass is 393 g/mol. The van der Waals surface area contributed by atoms with Crippen molar-refractivity contribution >= 4 is 28.3 Å². The zero-order valence-electron chi connectivity index (χ0n) is 14.1. The molecule has 0 unspecified atom stereocenters. The van der Waals surface area contributed by atoms with E-state index in [1.54, 1.807) is 11.3 Å². The molecule has 2 fully saturated rings. The minimum Gasteiger partial charge on any atom is -0.475 e. The Kier molecular flexibility index (Phi) is 6.99. The van der Waals surface area contributed by atoms with E-state index >= 15 is 0 Å². The van der Waals surface area contributed by atoms with Crippen LogP contribution in [0.5, 0.6) is 0 Å². The minimum absolute atomic E-state index is 0.0891. The molecule has 2 aliphatic rings. The zero-order valence-corrected chi connectivity index (χ0v) is 14.9. The van der Waals surface area contributed by atoms with Crippen molar-refractivity contribution in [2.45, 2.75) is 63.1 Å². The number of hydrogen-bond donors (Lipinski definition) is 3. The molecule has 0 saturated heterocycles. The summed E-state index contributed by atoms with van der Waals surface area (Å²) >= 11 is 1.65. The first kappa shape index (κ1) is 20.6. The van der Waals surface area contributed by atoms with Gasteiger partial charge in [-0.25, -0.2) is 9.78 Å². The number of carbonyl (C=O) groups excluding carboxylic acids is 1. The molecule has 0 atom stereocenters. The number of halogens is 3. The van der Waals surface area contributed by atoms with Crippen LogP contribution in [0, 0.1) is 5.92 Å². The van der Waals surface area contributed by atoms with E-state index in [0.717, 1.165) is 18.0 Å². The molecule has 0 spiro atoms. The summed E-state index contributed by atoms with van der Waals surface area (Å²) < 4.78 is 31.7. The second kappa shape index (κ2) is 8.81. The molecule has 1 amide bonds. The molecule has 1 aromatic heterocycles. The van der Waals surface area contributed by atoms with Gasteiger partial charge in [-0.3, -0.25) is 4.79 Å². The highest BCUT2D eigenvalue weighted by atomic mass is 32.1. The Morgan fingerprint density at radius 1 is 1.23 bits per heavy atom. The van der Waals surface area contributed by atoms with Gasteiger partial charge in [-0.15, -0.1) is 11.3 Å². The standard InChI is InChI=1S/C14H21N3OS.C2HF3O2/c15-11-6-10(7-11)13(18)17-14-16-8-12(19-14)9-4-2-1-3-5-9;3-2(4,5)1(6)7/h8-11H,1-7,15H2,(H,16,17,18);(H,6,7). The van der Waals surface area contributed by atoms with Crippen molar-refractivity contribution in [3.05, 3.63) is 11.1 Å². The number of carbonyl (C=O) groups is 2. The van der Waals surface area contributed by atoms with Crippen LogP contribution in [0.4, 0.5) is 18.3 Å². The van der Waals surface area contributed by atoms with Crippen LogP contribution in [-0.4, -0.2) is 34.2 Å². The number of nitrogens with one attached hydrogen (secondary N) is 1. The maximum absolute atomic E-state index is 11.9. The van der Waals surface area contributed by atoms with E-state index < -0.39 is 12.1 Å². The Hall–Kier alpha value is -1.68. The fourth-order valence-corrected chi connectivity index (χ4v) is 3.99. The van der Waals surface area contributed by atoms with Crippen LogP contribution in [0.1, 0.15) is 55.7 Å². The van der Waals surface area contributed by atoms with Gasteiger partial charge in [-0.2, -0.15) is 13.2 Å². The molecule has 3 rings (SSSR count). The van der Waals surface area contributed by atoms with Crippen LogP contribution >= 0.6 is 11.3 Å². The lowest BCUT2D eigenvalue weighted by atomic mass is 9.80. The van der Waals surface area contributed by atoms with Crippen LogP contribution < -0.4 is 11.1 Å². The molecule has 2 saturated carbocycles. The van der Waals surface area contributed by atoms with Gasteiger partial charge in [-0.1, -0.05) is 19.3 Å². The SMILES string of the molecule is NC1CC(C(=O)Nc2ncc(C3CCCCC3)s2)C1.O=C(O)C(F)(F)F. The van der Waals surface area contributed by atoms with Crippen LogP contribution in [0.15, 0.2) is 6.20 Å². The third-order valence-electron chi connectivity index (χ3n) is 4.55. The molecule has 146 valence electrons. The summed E-state index contributed by atoms with van der Waals surface area (Å²) in [4.78, 5) is 26.5. The average molecular weight is 393 g/mol. The molecular formula is C16H22F3N3O3S. The summed E-state index contributed by atoms with van der Waals surface area (Å²) in [6.07, 6.45) is 5.04. The Bertz CT molecular complexity index is 624. The van der Waals surface area contributed by atoms with Gasteiger partial charge in [0.25, 0.3) is 0 Å². The van der Waals surface area contributed by atoms with Gasteiger partial charge >= 0.3 is 12.1 Å². The van der Waals surface area contributed by atoms with E-state index in [-0.39, 0.29) is 17.9 Å². The number of aliphatic carboxylic acids is 1. The van der Waals surface area contributed by atoms with Gasteiger partial charge in [0.05, 0.1) is 0 Å². The molecule has 6 nitrogen and oxygen atoms in total. The second-order valence-corrected chi connectivity index (χ2v) is 7.69.